The number of hydrogen-bond donors (Lipinski definition) is 0. The molecule has 0 rings (SSSR count). The van der Waals surface area contributed by atoms with E-state index in [-0.39, 0.29) is 10.5 Å². The first-order valence-electron chi connectivity index (χ1n) is 4.33. The second-order valence-corrected chi connectivity index (χ2v) is 4.18. The molecule has 0 aliphatic carbocycles. The molecule has 8 heteroatoms. The van der Waals surface area contributed by atoms with Gasteiger partial charge in [-0.05, 0) is 6.42 Å². The third-order valence-corrected chi connectivity index (χ3v) is 2.80. The Kier molecular flexibility index (Phi) is 6.68. The Morgan fingerprint density at radius 3 is 2.19 bits per heavy atom. The fraction of sp³-hybridized carbons (Fsp3) is 0.750. The minimum absolute atomic E-state index is 0.351. The molecule has 0 saturated carbocycles. The molecular formula is C8H10F3IO4. The summed E-state index contributed by atoms with van der Waals surface area (Å²) in [6.45, 7) is 0.791. The molecule has 0 radical (unpaired) electrons. The Bertz CT molecular complexity index is 254. The van der Waals surface area contributed by atoms with Crippen LogP contribution in [0.2, 0.25) is 0 Å². The van der Waals surface area contributed by atoms with Crippen LogP contribution in [0, 0.1) is 0 Å². The fourth-order valence-electron chi connectivity index (χ4n) is 0.616. The fourth-order valence-corrected chi connectivity index (χ4v) is 0.795. The van der Waals surface area contributed by atoms with Crippen LogP contribution in [0.1, 0.15) is 13.3 Å². The number of ether oxygens (including phenoxy) is 2. The average Bonchev–Trinajstić information content (AvgIpc) is 2.20. The van der Waals surface area contributed by atoms with Crippen LogP contribution in [-0.2, 0) is 19.1 Å². The molecule has 0 aliphatic rings. The van der Waals surface area contributed by atoms with E-state index in [2.05, 4.69) is 9.47 Å². The lowest BCUT2D eigenvalue weighted by Gasteiger charge is -2.09. The predicted molar refractivity (Wildman–Crippen MR) is 56.1 cm³/mol. The first kappa shape index (κ1) is 15.5. The highest BCUT2D eigenvalue weighted by Gasteiger charge is 2.40. The van der Waals surface area contributed by atoms with E-state index in [1.807, 2.05) is 22.6 Å². The summed E-state index contributed by atoms with van der Waals surface area (Å²) in [5.74, 6) is -2.82. The second-order valence-electron chi connectivity index (χ2n) is 2.68. The van der Waals surface area contributed by atoms with Gasteiger partial charge in [0, 0.05) is 0 Å². The van der Waals surface area contributed by atoms with E-state index in [9.17, 15) is 22.8 Å². The third kappa shape index (κ3) is 6.13. The molecule has 0 aromatic carbocycles. The maximum Gasteiger partial charge on any atom is 0.490 e. The first-order valence-corrected chi connectivity index (χ1v) is 5.58. The highest BCUT2D eigenvalue weighted by atomic mass is 127. The normalized spacial score (nSPS) is 13.1. The van der Waals surface area contributed by atoms with Crippen LogP contribution in [0.25, 0.3) is 0 Å². The van der Waals surface area contributed by atoms with Crippen molar-refractivity contribution in [2.45, 2.75) is 23.4 Å². The van der Waals surface area contributed by atoms with E-state index in [0.717, 1.165) is 0 Å². The molecule has 0 heterocycles. The van der Waals surface area contributed by atoms with Gasteiger partial charge in [-0.3, -0.25) is 4.79 Å². The van der Waals surface area contributed by atoms with Crippen LogP contribution in [0.5, 0.6) is 0 Å². The van der Waals surface area contributed by atoms with Crippen LogP contribution in [-0.4, -0.2) is 35.3 Å². The van der Waals surface area contributed by atoms with Crippen molar-refractivity contribution in [3.63, 3.8) is 0 Å². The zero-order valence-corrected chi connectivity index (χ0v) is 10.5. The van der Waals surface area contributed by atoms with Crippen molar-refractivity contribution in [3.05, 3.63) is 0 Å². The predicted octanol–water partition coefficient (Wildman–Crippen LogP) is 1.85. The summed E-state index contributed by atoms with van der Waals surface area (Å²) in [4.78, 5) is 21.2. The minimum atomic E-state index is -5.01. The largest absolute Gasteiger partial charge is 0.490 e. The van der Waals surface area contributed by atoms with E-state index in [1.165, 1.54) is 0 Å². The van der Waals surface area contributed by atoms with Gasteiger partial charge in [0.05, 0.1) is 0 Å². The number of rotatable bonds is 5. The smallest absolute Gasteiger partial charge is 0.461 e. The van der Waals surface area contributed by atoms with Crippen LogP contribution < -0.4 is 0 Å². The molecule has 0 amide bonds. The Morgan fingerprint density at radius 2 is 1.75 bits per heavy atom. The molecule has 0 fully saturated rings. The van der Waals surface area contributed by atoms with Crippen molar-refractivity contribution in [3.8, 4) is 0 Å². The van der Waals surface area contributed by atoms with E-state index in [1.54, 1.807) is 6.92 Å². The first-order chi connectivity index (χ1) is 7.29. The van der Waals surface area contributed by atoms with Gasteiger partial charge in [0.15, 0.2) is 0 Å². The monoisotopic (exact) mass is 354 g/mol. The van der Waals surface area contributed by atoms with Gasteiger partial charge in [-0.1, -0.05) is 29.5 Å². The van der Waals surface area contributed by atoms with Crippen molar-refractivity contribution in [2.24, 2.45) is 0 Å². The van der Waals surface area contributed by atoms with Crippen LogP contribution >= 0.6 is 22.6 Å². The molecule has 0 aliphatic heterocycles. The van der Waals surface area contributed by atoms with Crippen LogP contribution in [0.15, 0.2) is 0 Å². The van der Waals surface area contributed by atoms with E-state index < -0.39 is 24.7 Å². The summed E-state index contributed by atoms with van der Waals surface area (Å²) < 4.78 is 42.9. The lowest BCUT2D eigenvalue weighted by atomic mass is 10.3. The van der Waals surface area contributed by atoms with Crippen molar-refractivity contribution < 1.29 is 32.2 Å². The Labute approximate surface area is 104 Å². The SMILES string of the molecule is CCC(I)C(=O)OCCOC(=O)C(F)(F)F. The number of halogens is 4. The number of carbonyl (C=O) groups is 2. The zero-order chi connectivity index (χ0) is 12.8. The number of alkyl halides is 4. The molecular weight excluding hydrogens is 344 g/mol. The molecule has 0 bridgehead atoms. The third-order valence-electron chi connectivity index (χ3n) is 1.41. The highest BCUT2D eigenvalue weighted by molar-refractivity contribution is 14.1. The minimum Gasteiger partial charge on any atom is -0.461 e. The summed E-state index contributed by atoms with van der Waals surface area (Å²) in [6.07, 6.45) is -4.46. The summed E-state index contributed by atoms with van der Waals surface area (Å²) in [7, 11) is 0. The maximum atomic E-state index is 11.6. The van der Waals surface area contributed by atoms with Crippen molar-refractivity contribution in [1.29, 1.82) is 0 Å². The van der Waals surface area contributed by atoms with Crippen molar-refractivity contribution >= 4 is 34.5 Å². The maximum absolute atomic E-state index is 11.6. The van der Waals surface area contributed by atoms with Gasteiger partial charge >= 0.3 is 18.1 Å². The Hall–Kier alpha value is -0.540. The molecule has 1 unspecified atom stereocenters. The number of carbonyl (C=O) groups excluding carboxylic acids is 2. The molecule has 0 aromatic heterocycles. The summed E-state index contributed by atoms with van der Waals surface area (Å²) >= 11 is 1.85. The van der Waals surface area contributed by atoms with Crippen molar-refractivity contribution in [2.75, 3.05) is 13.2 Å². The average molecular weight is 354 g/mol. The molecule has 16 heavy (non-hydrogen) atoms. The summed E-state index contributed by atoms with van der Waals surface area (Å²) in [5, 5.41) is 0. The van der Waals surface area contributed by atoms with Gasteiger partial charge in [0.25, 0.3) is 0 Å². The van der Waals surface area contributed by atoms with Gasteiger partial charge in [0.2, 0.25) is 0 Å². The van der Waals surface area contributed by atoms with Gasteiger partial charge in [-0.25, -0.2) is 4.79 Å². The number of hydrogen-bond acceptors (Lipinski definition) is 4. The zero-order valence-electron chi connectivity index (χ0n) is 8.34. The Balaban J connectivity index is 3.70. The van der Waals surface area contributed by atoms with Gasteiger partial charge in [0.1, 0.15) is 17.1 Å². The highest BCUT2D eigenvalue weighted by Crippen LogP contribution is 2.16. The molecule has 0 aromatic rings. The van der Waals surface area contributed by atoms with Crippen molar-refractivity contribution in [1.82, 2.24) is 0 Å². The van der Waals surface area contributed by atoms with Gasteiger partial charge < -0.3 is 9.47 Å². The van der Waals surface area contributed by atoms with Gasteiger partial charge in [-0.15, -0.1) is 0 Å². The molecule has 0 saturated heterocycles. The van der Waals surface area contributed by atoms with Crippen LogP contribution in [0.3, 0.4) is 0 Å². The second kappa shape index (κ2) is 6.92. The quantitative estimate of drug-likeness (QED) is 0.327. The standard InChI is InChI=1S/C8H10F3IO4/c1-2-5(12)6(13)15-3-4-16-7(14)8(9,10)11/h5H,2-4H2,1H3. The molecule has 4 nitrogen and oxygen atoms in total. The van der Waals surface area contributed by atoms with Gasteiger partial charge in [-0.2, -0.15) is 13.2 Å². The van der Waals surface area contributed by atoms with E-state index in [0.29, 0.717) is 6.42 Å². The number of esters is 2. The Morgan fingerprint density at radius 1 is 1.25 bits per heavy atom. The molecule has 94 valence electrons. The molecule has 0 N–H and O–H groups in total. The van der Waals surface area contributed by atoms with Crippen LogP contribution in [0.4, 0.5) is 13.2 Å². The van der Waals surface area contributed by atoms with E-state index in [4.69, 9.17) is 0 Å². The lowest BCUT2D eigenvalue weighted by Crippen LogP contribution is -2.27. The summed E-state index contributed by atoms with van der Waals surface area (Å²) in [5.41, 5.74) is 0. The lowest BCUT2D eigenvalue weighted by molar-refractivity contribution is -0.201. The molecule has 0 spiro atoms. The topological polar surface area (TPSA) is 52.6 Å². The van der Waals surface area contributed by atoms with E-state index >= 15 is 0 Å². The molecule has 1 atom stereocenters. The summed E-state index contributed by atoms with van der Waals surface area (Å²) in [6, 6.07) is 0.